The Bertz CT molecular complexity index is 857. The van der Waals surface area contributed by atoms with Gasteiger partial charge in [-0.05, 0) is 19.4 Å². The van der Waals surface area contributed by atoms with Gasteiger partial charge in [0.1, 0.15) is 0 Å². The third-order valence-corrected chi connectivity index (χ3v) is 4.23. The van der Waals surface area contributed by atoms with Crippen LogP contribution >= 0.6 is 0 Å². The Morgan fingerprint density at radius 3 is 2.77 bits per heavy atom. The first-order valence-corrected chi connectivity index (χ1v) is 8.35. The fourth-order valence-corrected chi connectivity index (χ4v) is 2.87. The number of aromatic nitrogens is 1. The fraction of sp³-hybridized carbons (Fsp3) is 0.333. The molecule has 1 saturated heterocycles. The Labute approximate surface area is 149 Å². The number of para-hydroxylation sites is 1. The molecule has 3 amide bonds. The zero-order chi connectivity index (χ0) is 18.7. The van der Waals surface area contributed by atoms with Crippen LogP contribution in [-0.2, 0) is 14.3 Å². The van der Waals surface area contributed by atoms with Gasteiger partial charge in [0.2, 0.25) is 11.7 Å². The average Bonchev–Trinajstić information content (AvgIpc) is 3.19. The number of fused-ring (bicyclic) bond motifs is 1. The molecule has 3 rings (SSSR count). The van der Waals surface area contributed by atoms with E-state index in [9.17, 15) is 19.2 Å². The highest BCUT2D eigenvalue weighted by Crippen LogP contribution is 2.20. The third-order valence-electron chi connectivity index (χ3n) is 4.23. The zero-order valence-electron chi connectivity index (χ0n) is 14.3. The van der Waals surface area contributed by atoms with Crippen molar-refractivity contribution in [2.24, 2.45) is 0 Å². The molecule has 2 aromatic rings. The van der Waals surface area contributed by atoms with Crippen LogP contribution in [0.2, 0.25) is 0 Å². The number of Topliss-reactive ketones (excluding diaryl/α,β-unsaturated/α-hetero) is 1. The Morgan fingerprint density at radius 2 is 2.04 bits per heavy atom. The van der Waals surface area contributed by atoms with Gasteiger partial charge in [0.25, 0.3) is 0 Å². The van der Waals surface area contributed by atoms with Crippen LogP contribution in [0.4, 0.5) is 4.79 Å². The predicted octanol–water partition coefficient (Wildman–Crippen LogP) is 1.61. The van der Waals surface area contributed by atoms with Crippen LogP contribution in [0, 0.1) is 0 Å². The molecule has 0 aliphatic carbocycles. The maximum atomic E-state index is 12.5. The van der Waals surface area contributed by atoms with Crippen molar-refractivity contribution in [3.63, 3.8) is 0 Å². The molecule has 26 heavy (non-hydrogen) atoms. The first-order valence-electron chi connectivity index (χ1n) is 8.35. The molecule has 136 valence electrons. The lowest BCUT2D eigenvalue weighted by Crippen LogP contribution is -2.32. The Hall–Kier alpha value is -3.16. The maximum absolute atomic E-state index is 12.5. The summed E-state index contributed by atoms with van der Waals surface area (Å²) in [5, 5.41) is 3.19. The van der Waals surface area contributed by atoms with Crippen LogP contribution in [-0.4, -0.2) is 52.8 Å². The van der Waals surface area contributed by atoms with Crippen LogP contribution in [0.15, 0.2) is 30.5 Å². The molecule has 2 heterocycles. The van der Waals surface area contributed by atoms with Gasteiger partial charge in [-0.3, -0.25) is 19.3 Å². The van der Waals surface area contributed by atoms with Gasteiger partial charge in [-0.25, -0.2) is 4.79 Å². The van der Waals surface area contributed by atoms with Crippen molar-refractivity contribution < 1.29 is 23.9 Å². The zero-order valence-corrected chi connectivity index (χ0v) is 14.3. The van der Waals surface area contributed by atoms with Crippen molar-refractivity contribution in [3.05, 3.63) is 36.0 Å². The largest absolute Gasteiger partial charge is 0.454 e. The number of ketones is 1. The molecule has 1 atom stereocenters. The second-order valence-electron chi connectivity index (χ2n) is 6.05. The molecule has 8 heteroatoms. The van der Waals surface area contributed by atoms with Gasteiger partial charge in [0.15, 0.2) is 6.10 Å². The number of benzene rings is 1. The van der Waals surface area contributed by atoms with E-state index in [0.717, 1.165) is 15.8 Å². The number of ether oxygens (including phenoxy) is 1. The number of hydrogen-bond donors (Lipinski definition) is 2. The molecule has 0 unspecified atom stereocenters. The minimum Gasteiger partial charge on any atom is -0.454 e. The number of hydrogen-bond acceptors (Lipinski definition) is 5. The summed E-state index contributed by atoms with van der Waals surface area (Å²) >= 11 is 0. The number of H-pyrrole nitrogens is 1. The van der Waals surface area contributed by atoms with E-state index in [1.54, 1.807) is 6.20 Å². The van der Waals surface area contributed by atoms with E-state index in [4.69, 9.17) is 4.74 Å². The van der Waals surface area contributed by atoms with E-state index in [1.807, 2.05) is 24.3 Å². The van der Waals surface area contributed by atoms with Gasteiger partial charge < -0.3 is 15.0 Å². The number of rotatable bonds is 7. The van der Waals surface area contributed by atoms with E-state index in [2.05, 4.69) is 10.3 Å². The average molecular weight is 357 g/mol. The summed E-state index contributed by atoms with van der Waals surface area (Å²) in [6.07, 6.45) is 0.988. The first-order chi connectivity index (χ1) is 12.5. The molecule has 2 N–H and O–H groups in total. The standard InChI is InChI=1S/C18H19N3O5/c1-11(17(24)13-9-19-14-6-3-2-5-12(13)14)26-16(23)7-4-8-21-15(22)10-20-18(21)25/h2-3,5-6,9,11,19H,4,7-8,10H2,1H3,(H,20,25)/t11-/m0/s1. The summed E-state index contributed by atoms with van der Waals surface area (Å²) in [5.41, 5.74) is 1.31. The summed E-state index contributed by atoms with van der Waals surface area (Å²) in [6.45, 7) is 1.66. The molecule has 0 bridgehead atoms. The SMILES string of the molecule is C[C@H](OC(=O)CCCN1C(=O)CNC1=O)C(=O)c1c[nH]c2ccccc12. The molecular weight excluding hydrogens is 338 g/mol. The molecule has 0 saturated carbocycles. The van der Waals surface area contributed by atoms with Crippen molar-refractivity contribution in [2.75, 3.05) is 13.1 Å². The highest BCUT2D eigenvalue weighted by Gasteiger charge is 2.28. The van der Waals surface area contributed by atoms with Gasteiger partial charge in [0.05, 0.1) is 6.54 Å². The van der Waals surface area contributed by atoms with Gasteiger partial charge >= 0.3 is 12.0 Å². The topological polar surface area (TPSA) is 109 Å². The number of nitrogens with one attached hydrogen (secondary N) is 2. The van der Waals surface area contributed by atoms with Crippen molar-refractivity contribution in [3.8, 4) is 0 Å². The Kier molecular flexibility index (Phi) is 5.01. The Balaban J connectivity index is 1.51. The van der Waals surface area contributed by atoms with E-state index in [1.165, 1.54) is 6.92 Å². The van der Waals surface area contributed by atoms with E-state index >= 15 is 0 Å². The van der Waals surface area contributed by atoms with Crippen molar-refractivity contribution in [2.45, 2.75) is 25.9 Å². The molecule has 8 nitrogen and oxygen atoms in total. The third kappa shape index (κ3) is 3.58. The monoisotopic (exact) mass is 357 g/mol. The summed E-state index contributed by atoms with van der Waals surface area (Å²) < 4.78 is 5.20. The fourth-order valence-electron chi connectivity index (χ4n) is 2.87. The molecular formula is C18H19N3O5. The molecule has 1 aromatic carbocycles. The summed E-state index contributed by atoms with van der Waals surface area (Å²) in [6, 6.07) is 6.93. The maximum Gasteiger partial charge on any atom is 0.324 e. The number of aromatic amines is 1. The molecule has 1 aliphatic rings. The quantitative estimate of drug-likeness (QED) is 0.445. The Morgan fingerprint density at radius 1 is 1.27 bits per heavy atom. The smallest absolute Gasteiger partial charge is 0.324 e. The number of imide groups is 1. The number of amides is 3. The number of carbonyl (C=O) groups excluding carboxylic acids is 4. The number of esters is 1. The van der Waals surface area contributed by atoms with Crippen molar-refractivity contribution >= 4 is 34.6 Å². The normalized spacial score (nSPS) is 15.2. The minimum atomic E-state index is -0.918. The van der Waals surface area contributed by atoms with Crippen LogP contribution < -0.4 is 5.32 Å². The number of urea groups is 1. The van der Waals surface area contributed by atoms with Gasteiger partial charge in [0, 0.05) is 35.6 Å². The predicted molar refractivity (Wildman–Crippen MR) is 92.5 cm³/mol. The second kappa shape index (κ2) is 7.38. The van der Waals surface area contributed by atoms with Gasteiger partial charge in [-0.1, -0.05) is 18.2 Å². The number of nitrogens with zero attached hydrogens (tertiary/aromatic N) is 1. The highest BCUT2D eigenvalue weighted by atomic mass is 16.5. The molecule has 1 aromatic heterocycles. The summed E-state index contributed by atoms with van der Waals surface area (Å²) in [4.78, 5) is 51.4. The molecule has 1 aliphatic heterocycles. The van der Waals surface area contributed by atoms with Crippen LogP contribution in [0.25, 0.3) is 10.9 Å². The van der Waals surface area contributed by atoms with E-state index < -0.39 is 18.1 Å². The lowest BCUT2D eigenvalue weighted by atomic mass is 10.1. The second-order valence-corrected chi connectivity index (χ2v) is 6.05. The molecule has 1 fully saturated rings. The lowest BCUT2D eigenvalue weighted by molar-refractivity contribution is -0.146. The van der Waals surface area contributed by atoms with Crippen LogP contribution in [0.1, 0.15) is 30.1 Å². The molecule has 0 spiro atoms. The van der Waals surface area contributed by atoms with Gasteiger partial charge in [-0.2, -0.15) is 0 Å². The van der Waals surface area contributed by atoms with E-state index in [-0.39, 0.29) is 37.6 Å². The van der Waals surface area contributed by atoms with Crippen LogP contribution in [0.3, 0.4) is 0 Å². The number of carbonyl (C=O) groups is 4. The lowest BCUT2D eigenvalue weighted by Gasteiger charge is -2.14. The summed E-state index contributed by atoms with van der Waals surface area (Å²) in [5.74, 6) is -1.14. The summed E-state index contributed by atoms with van der Waals surface area (Å²) in [7, 11) is 0. The highest BCUT2D eigenvalue weighted by molar-refractivity contribution is 6.10. The van der Waals surface area contributed by atoms with Crippen LogP contribution in [0.5, 0.6) is 0 Å². The van der Waals surface area contributed by atoms with Crippen molar-refractivity contribution in [1.82, 2.24) is 15.2 Å². The molecule has 0 radical (unpaired) electrons. The minimum absolute atomic E-state index is 0.0144. The van der Waals surface area contributed by atoms with Crippen molar-refractivity contribution in [1.29, 1.82) is 0 Å². The first kappa shape index (κ1) is 17.7. The van der Waals surface area contributed by atoms with E-state index in [0.29, 0.717) is 5.56 Å². The van der Waals surface area contributed by atoms with Gasteiger partial charge in [-0.15, -0.1) is 0 Å².